The Bertz CT molecular complexity index is 825. The summed E-state index contributed by atoms with van der Waals surface area (Å²) < 4.78 is 32.4. The summed E-state index contributed by atoms with van der Waals surface area (Å²) in [6, 6.07) is 13.5. The van der Waals surface area contributed by atoms with Gasteiger partial charge in [-0.1, -0.05) is 35.4 Å². The van der Waals surface area contributed by atoms with E-state index in [4.69, 9.17) is 4.74 Å². The number of rotatable bonds is 6. The highest BCUT2D eigenvalue weighted by Crippen LogP contribution is 2.24. The Kier molecular flexibility index (Phi) is 5.85. The molecule has 0 aliphatic heterocycles. The summed E-state index contributed by atoms with van der Waals surface area (Å²) in [6.07, 6.45) is -0.311. The van der Waals surface area contributed by atoms with Crippen LogP contribution in [0.5, 0.6) is 0 Å². The molecule has 0 bridgehead atoms. The van der Waals surface area contributed by atoms with Gasteiger partial charge >= 0.3 is 5.97 Å². The van der Waals surface area contributed by atoms with E-state index in [0.717, 1.165) is 15.4 Å². The fraction of sp³-hybridized carbons (Fsp3) is 0.316. The smallest absolute Gasteiger partial charge is 0.327 e. The molecule has 0 radical (unpaired) electrons. The number of benzene rings is 2. The molecule has 0 aliphatic rings. The first-order valence-corrected chi connectivity index (χ1v) is 9.49. The van der Waals surface area contributed by atoms with Crippen LogP contribution in [0.15, 0.2) is 53.4 Å². The molecule has 0 saturated carbocycles. The Hall–Kier alpha value is -2.34. The van der Waals surface area contributed by atoms with E-state index in [0.29, 0.717) is 5.69 Å². The van der Waals surface area contributed by atoms with E-state index in [-0.39, 0.29) is 17.5 Å². The zero-order chi connectivity index (χ0) is 18.6. The molecule has 5 nitrogen and oxygen atoms in total. The normalized spacial score (nSPS) is 11.4. The van der Waals surface area contributed by atoms with Crippen LogP contribution in [-0.4, -0.2) is 27.0 Å². The minimum atomic E-state index is -3.88. The van der Waals surface area contributed by atoms with Crippen molar-refractivity contribution in [2.45, 2.75) is 38.7 Å². The van der Waals surface area contributed by atoms with Crippen LogP contribution in [0.1, 0.15) is 25.0 Å². The van der Waals surface area contributed by atoms with Crippen LogP contribution in [0, 0.1) is 13.8 Å². The molecule has 6 heteroatoms. The van der Waals surface area contributed by atoms with Gasteiger partial charge in [0, 0.05) is 0 Å². The highest BCUT2D eigenvalue weighted by atomic mass is 32.2. The zero-order valence-corrected chi connectivity index (χ0v) is 15.7. The molecule has 0 spiro atoms. The summed E-state index contributed by atoms with van der Waals surface area (Å²) >= 11 is 0. The molecule has 0 heterocycles. The second-order valence-electron chi connectivity index (χ2n) is 6.20. The largest absolute Gasteiger partial charge is 0.462 e. The standard InChI is InChI=1S/C19H23NO4S/c1-14(2)24-19(21)13-20(17-9-5-15(3)6-10-17)25(22,23)18-11-7-16(4)8-12-18/h5-12,14H,13H2,1-4H3. The average molecular weight is 361 g/mol. The summed E-state index contributed by atoms with van der Waals surface area (Å²) in [7, 11) is -3.88. The molecule has 0 unspecified atom stereocenters. The number of ether oxygens (including phenoxy) is 1. The highest BCUT2D eigenvalue weighted by Gasteiger charge is 2.28. The molecule has 0 aromatic heterocycles. The van der Waals surface area contributed by atoms with Crippen molar-refractivity contribution in [3.8, 4) is 0 Å². The lowest BCUT2D eigenvalue weighted by Gasteiger charge is -2.24. The van der Waals surface area contributed by atoms with Gasteiger partial charge in [0.1, 0.15) is 6.54 Å². The van der Waals surface area contributed by atoms with Gasteiger partial charge in [-0.05, 0) is 52.0 Å². The maximum Gasteiger partial charge on any atom is 0.327 e. The fourth-order valence-corrected chi connectivity index (χ4v) is 3.69. The summed E-state index contributed by atoms with van der Waals surface area (Å²) in [6.45, 7) is 6.87. The number of hydrogen-bond acceptors (Lipinski definition) is 4. The molecular formula is C19H23NO4S. The first kappa shape index (κ1) is 19.0. The van der Waals surface area contributed by atoms with Crippen molar-refractivity contribution >= 4 is 21.7 Å². The van der Waals surface area contributed by atoms with Gasteiger partial charge < -0.3 is 4.74 Å². The van der Waals surface area contributed by atoms with Crippen LogP contribution >= 0.6 is 0 Å². The molecule has 0 aliphatic carbocycles. The lowest BCUT2D eigenvalue weighted by molar-refractivity contribution is -0.145. The molecule has 2 aromatic carbocycles. The van der Waals surface area contributed by atoms with Crippen molar-refractivity contribution in [1.82, 2.24) is 0 Å². The average Bonchev–Trinajstić information content (AvgIpc) is 2.53. The number of carbonyl (C=O) groups is 1. The summed E-state index contributed by atoms with van der Waals surface area (Å²) in [5, 5.41) is 0. The lowest BCUT2D eigenvalue weighted by atomic mass is 10.2. The molecule has 0 saturated heterocycles. The Morgan fingerprint density at radius 2 is 1.44 bits per heavy atom. The van der Waals surface area contributed by atoms with Gasteiger partial charge in [-0.15, -0.1) is 0 Å². The maximum atomic E-state index is 13.1. The Labute approximate surface area is 149 Å². The van der Waals surface area contributed by atoms with Gasteiger partial charge in [-0.2, -0.15) is 0 Å². The van der Waals surface area contributed by atoms with Gasteiger partial charge in [0.15, 0.2) is 0 Å². The van der Waals surface area contributed by atoms with Gasteiger partial charge in [0.05, 0.1) is 16.7 Å². The van der Waals surface area contributed by atoms with Crippen LogP contribution in [0.25, 0.3) is 0 Å². The molecule has 0 N–H and O–H groups in total. The van der Waals surface area contributed by atoms with Crippen molar-refractivity contribution in [2.24, 2.45) is 0 Å². The van der Waals surface area contributed by atoms with Crippen molar-refractivity contribution in [3.05, 3.63) is 59.7 Å². The van der Waals surface area contributed by atoms with Gasteiger partial charge in [0.25, 0.3) is 10.0 Å². The lowest BCUT2D eigenvalue weighted by Crippen LogP contribution is -2.37. The number of nitrogens with zero attached hydrogens (tertiary/aromatic N) is 1. The van der Waals surface area contributed by atoms with E-state index in [1.54, 1.807) is 62.4 Å². The van der Waals surface area contributed by atoms with E-state index in [2.05, 4.69) is 0 Å². The minimum Gasteiger partial charge on any atom is -0.462 e. The number of hydrogen-bond donors (Lipinski definition) is 0. The third-order valence-corrected chi connectivity index (χ3v) is 5.36. The number of sulfonamides is 1. The Morgan fingerprint density at radius 3 is 1.92 bits per heavy atom. The van der Waals surface area contributed by atoms with Gasteiger partial charge in [-0.25, -0.2) is 8.42 Å². The van der Waals surface area contributed by atoms with Crippen LogP contribution in [0.3, 0.4) is 0 Å². The topological polar surface area (TPSA) is 63.7 Å². The van der Waals surface area contributed by atoms with Crippen LogP contribution in [-0.2, 0) is 19.6 Å². The van der Waals surface area contributed by atoms with Gasteiger partial charge in [0.2, 0.25) is 0 Å². The molecule has 0 atom stereocenters. The van der Waals surface area contributed by atoms with E-state index in [9.17, 15) is 13.2 Å². The quantitative estimate of drug-likeness (QED) is 0.739. The van der Waals surface area contributed by atoms with Crippen molar-refractivity contribution in [3.63, 3.8) is 0 Å². The highest BCUT2D eigenvalue weighted by molar-refractivity contribution is 7.92. The monoisotopic (exact) mass is 361 g/mol. The van der Waals surface area contributed by atoms with Gasteiger partial charge in [-0.3, -0.25) is 9.10 Å². The third kappa shape index (κ3) is 4.82. The summed E-state index contributed by atoms with van der Waals surface area (Å²) in [5.41, 5.74) is 2.38. The Balaban J connectivity index is 2.44. The zero-order valence-electron chi connectivity index (χ0n) is 14.9. The predicted octanol–water partition coefficient (Wildman–Crippen LogP) is 3.45. The molecule has 2 aromatic rings. The van der Waals surface area contributed by atoms with E-state index >= 15 is 0 Å². The van der Waals surface area contributed by atoms with E-state index in [1.165, 1.54) is 0 Å². The minimum absolute atomic E-state index is 0.135. The van der Waals surface area contributed by atoms with Crippen LogP contribution in [0.4, 0.5) is 5.69 Å². The van der Waals surface area contributed by atoms with Crippen LogP contribution < -0.4 is 4.31 Å². The molecular weight excluding hydrogens is 338 g/mol. The second kappa shape index (κ2) is 7.70. The van der Waals surface area contributed by atoms with Crippen molar-refractivity contribution in [2.75, 3.05) is 10.8 Å². The first-order chi connectivity index (χ1) is 11.7. The summed E-state index contributed by atoms with van der Waals surface area (Å²) in [4.78, 5) is 12.2. The van der Waals surface area contributed by atoms with Crippen molar-refractivity contribution < 1.29 is 17.9 Å². The molecule has 0 amide bonds. The first-order valence-electron chi connectivity index (χ1n) is 8.05. The van der Waals surface area contributed by atoms with Crippen molar-refractivity contribution in [1.29, 1.82) is 0 Å². The summed E-state index contributed by atoms with van der Waals surface area (Å²) in [5.74, 6) is -0.591. The Morgan fingerprint density at radius 1 is 0.960 bits per heavy atom. The SMILES string of the molecule is Cc1ccc(N(CC(=O)OC(C)C)S(=O)(=O)c2ccc(C)cc2)cc1. The number of aryl methyl sites for hydroxylation is 2. The number of esters is 1. The van der Waals surface area contributed by atoms with E-state index in [1.807, 2.05) is 13.8 Å². The maximum absolute atomic E-state index is 13.1. The molecule has 134 valence electrons. The third-order valence-electron chi connectivity index (χ3n) is 3.57. The van der Waals surface area contributed by atoms with E-state index < -0.39 is 16.0 Å². The molecule has 25 heavy (non-hydrogen) atoms. The number of anilines is 1. The second-order valence-corrected chi connectivity index (χ2v) is 8.06. The molecule has 2 rings (SSSR count). The molecule has 0 fully saturated rings. The predicted molar refractivity (Wildman–Crippen MR) is 98.1 cm³/mol. The fourth-order valence-electron chi connectivity index (χ4n) is 2.28. The van der Waals surface area contributed by atoms with Crippen LogP contribution in [0.2, 0.25) is 0 Å². The number of carbonyl (C=O) groups excluding carboxylic acids is 1.